The summed E-state index contributed by atoms with van der Waals surface area (Å²) in [5, 5.41) is 10.5. The Morgan fingerprint density at radius 1 is 1.32 bits per heavy atom. The molecule has 0 radical (unpaired) electrons. The van der Waals surface area contributed by atoms with E-state index in [1.54, 1.807) is 14.2 Å². The lowest BCUT2D eigenvalue weighted by molar-refractivity contribution is -0.479. The maximum Gasteiger partial charge on any atom is 0.209 e. The maximum absolute atomic E-state index is 10.5. The fourth-order valence-electron chi connectivity index (χ4n) is 2.19. The number of aromatic amines is 1. The van der Waals surface area contributed by atoms with Crippen molar-refractivity contribution in [2.24, 2.45) is 0 Å². The molecule has 0 bridgehead atoms. The summed E-state index contributed by atoms with van der Waals surface area (Å²) in [4.78, 5) is 13.3. The van der Waals surface area contributed by atoms with Crippen LogP contribution in [0.25, 0.3) is 0 Å². The number of nitro groups is 1. The summed E-state index contributed by atoms with van der Waals surface area (Å²) in [7, 11) is 3.36. The molecule has 1 N–H and O–H groups in total. The van der Waals surface area contributed by atoms with E-state index in [1.165, 1.54) is 0 Å². The zero-order valence-corrected chi connectivity index (χ0v) is 11.6. The van der Waals surface area contributed by atoms with Gasteiger partial charge in [0, 0.05) is 44.2 Å². The van der Waals surface area contributed by atoms with E-state index in [1.807, 2.05) is 12.3 Å². The summed E-state index contributed by atoms with van der Waals surface area (Å²) in [6.45, 7) is 1.30. The van der Waals surface area contributed by atoms with Crippen LogP contribution in [0.3, 0.4) is 0 Å². The van der Waals surface area contributed by atoms with E-state index in [0.717, 1.165) is 24.1 Å². The number of nitrogens with zero attached hydrogens (tertiary/aromatic N) is 1. The average molecular weight is 270 g/mol. The summed E-state index contributed by atoms with van der Waals surface area (Å²) in [6, 6.07) is 2.01. The van der Waals surface area contributed by atoms with Gasteiger partial charge in [0.15, 0.2) is 0 Å². The number of H-pyrrole nitrogens is 1. The summed E-state index contributed by atoms with van der Waals surface area (Å²) in [5.41, 5.74) is 2.10. The minimum absolute atomic E-state index is 0.0468. The normalized spacial score (nSPS) is 11.1. The first-order valence-corrected chi connectivity index (χ1v) is 6.44. The van der Waals surface area contributed by atoms with Crippen molar-refractivity contribution in [3.63, 3.8) is 0 Å². The molecular weight excluding hydrogens is 248 g/mol. The van der Waals surface area contributed by atoms with Crippen LogP contribution in [0.4, 0.5) is 0 Å². The minimum Gasteiger partial charge on any atom is -0.385 e. The van der Waals surface area contributed by atoms with Gasteiger partial charge in [-0.25, -0.2) is 0 Å². The molecule has 0 amide bonds. The number of ether oxygens (including phenoxy) is 2. The van der Waals surface area contributed by atoms with E-state index in [4.69, 9.17) is 9.47 Å². The van der Waals surface area contributed by atoms with Crippen LogP contribution >= 0.6 is 0 Å². The molecule has 19 heavy (non-hydrogen) atoms. The van der Waals surface area contributed by atoms with Gasteiger partial charge in [0.2, 0.25) is 6.54 Å². The van der Waals surface area contributed by atoms with Gasteiger partial charge in [-0.15, -0.1) is 0 Å². The molecule has 1 heterocycles. The molecule has 0 atom stereocenters. The number of aromatic nitrogens is 1. The summed E-state index contributed by atoms with van der Waals surface area (Å²) >= 11 is 0. The number of hydrogen-bond acceptors (Lipinski definition) is 4. The van der Waals surface area contributed by atoms with E-state index in [0.29, 0.717) is 25.6 Å². The van der Waals surface area contributed by atoms with Crippen molar-refractivity contribution in [1.29, 1.82) is 0 Å². The van der Waals surface area contributed by atoms with Crippen molar-refractivity contribution in [3.8, 4) is 0 Å². The van der Waals surface area contributed by atoms with Crippen molar-refractivity contribution in [2.75, 3.05) is 34.0 Å². The van der Waals surface area contributed by atoms with Crippen LogP contribution in [-0.2, 0) is 15.9 Å². The van der Waals surface area contributed by atoms with Gasteiger partial charge >= 0.3 is 0 Å². The largest absolute Gasteiger partial charge is 0.385 e. The predicted octanol–water partition coefficient (Wildman–Crippen LogP) is 1.99. The van der Waals surface area contributed by atoms with Gasteiger partial charge in [-0.1, -0.05) is 0 Å². The van der Waals surface area contributed by atoms with E-state index in [2.05, 4.69) is 4.98 Å². The lowest BCUT2D eigenvalue weighted by Crippen LogP contribution is -2.10. The van der Waals surface area contributed by atoms with Crippen LogP contribution in [0.15, 0.2) is 12.3 Å². The maximum atomic E-state index is 10.5. The number of rotatable bonds is 10. The lowest BCUT2D eigenvalue weighted by atomic mass is 9.92. The highest BCUT2D eigenvalue weighted by atomic mass is 16.6. The van der Waals surface area contributed by atoms with Crippen molar-refractivity contribution in [3.05, 3.63) is 33.6 Å². The molecule has 0 fully saturated rings. The van der Waals surface area contributed by atoms with Crippen molar-refractivity contribution in [2.45, 2.75) is 25.2 Å². The van der Waals surface area contributed by atoms with Gasteiger partial charge in [-0.2, -0.15) is 0 Å². The highest BCUT2D eigenvalue weighted by Gasteiger charge is 2.17. The van der Waals surface area contributed by atoms with E-state index in [9.17, 15) is 10.1 Å². The monoisotopic (exact) mass is 270 g/mol. The molecule has 0 saturated carbocycles. The molecule has 0 spiro atoms. The van der Waals surface area contributed by atoms with Crippen LogP contribution < -0.4 is 0 Å². The molecule has 0 aliphatic rings. The molecule has 1 aromatic heterocycles. The fourth-order valence-corrected chi connectivity index (χ4v) is 2.19. The Morgan fingerprint density at radius 3 is 2.47 bits per heavy atom. The zero-order valence-electron chi connectivity index (χ0n) is 11.6. The molecule has 6 heteroatoms. The van der Waals surface area contributed by atoms with Gasteiger partial charge in [0.25, 0.3) is 0 Å². The van der Waals surface area contributed by atoms with Crippen LogP contribution in [0.1, 0.15) is 30.0 Å². The van der Waals surface area contributed by atoms with Crippen LogP contribution in [0.2, 0.25) is 0 Å². The highest BCUT2D eigenvalue weighted by Crippen LogP contribution is 2.26. The SMILES string of the molecule is COCCC(CCOC)c1cc[nH]c1CC[N+](=O)[O-]. The Hall–Kier alpha value is -1.40. The highest BCUT2D eigenvalue weighted by molar-refractivity contribution is 5.25. The van der Waals surface area contributed by atoms with Crippen LogP contribution in [-0.4, -0.2) is 43.9 Å². The predicted molar refractivity (Wildman–Crippen MR) is 72.1 cm³/mol. The molecular formula is C13H22N2O4. The molecule has 1 aromatic rings. The first-order chi connectivity index (χ1) is 9.19. The Bertz CT molecular complexity index is 370. The Balaban J connectivity index is 2.70. The van der Waals surface area contributed by atoms with Crippen molar-refractivity contribution >= 4 is 0 Å². The quantitative estimate of drug-likeness (QED) is 0.521. The third kappa shape index (κ3) is 5.40. The molecule has 0 unspecified atom stereocenters. The van der Waals surface area contributed by atoms with E-state index in [-0.39, 0.29) is 11.5 Å². The number of nitrogens with one attached hydrogen (secondary N) is 1. The zero-order chi connectivity index (χ0) is 14.1. The number of hydrogen-bond donors (Lipinski definition) is 1. The van der Waals surface area contributed by atoms with Crippen molar-refractivity contribution in [1.82, 2.24) is 4.98 Å². The van der Waals surface area contributed by atoms with E-state index < -0.39 is 0 Å². The second-order valence-corrected chi connectivity index (χ2v) is 4.48. The molecule has 0 aliphatic carbocycles. The summed E-state index contributed by atoms with van der Waals surface area (Å²) in [6.07, 6.45) is 4.06. The van der Waals surface area contributed by atoms with Gasteiger partial charge < -0.3 is 14.5 Å². The standard InChI is InChI=1S/C13H22N2O4/c1-18-9-5-11(6-10-19-2)12-3-7-14-13(12)4-8-15(16)17/h3,7,11,14H,4-6,8-10H2,1-2H3. The molecule has 108 valence electrons. The van der Waals surface area contributed by atoms with E-state index >= 15 is 0 Å². The third-order valence-electron chi connectivity index (χ3n) is 3.19. The summed E-state index contributed by atoms with van der Waals surface area (Å²) < 4.78 is 10.3. The summed E-state index contributed by atoms with van der Waals surface area (Å²) in [5.74, 6) is 0.313. The molecule has 0 aliphatic heterocycles. The second-order valence-electron chi connectivity index (χ2n) is 4.48. The molecule has 1 rings (SSSR count). The Morgan fingerprint density at radius 2 is 1.95 bits per heavy atom. The van der Waals surface area contributed by atoms with Gasteiger partial charge in [-0.05, 0) is 30.4 Å². The average Bonchev–Trinajstić information content (AvgIpc) is 2.85. The Labute approximate surface area is 113 Å². The van der Waals surface area contributed by atoms with Crippen molar-refractivity contribution < 1.29 is 14.4 Å². The molecule has 6 nitrogen and oxygen atoms in total. The fraction of sp³-hybridized carbons (Fsp3) is 0.692. The van der Waals surface area contributed by atoms with Crippen LogP contribution in [0, 0.1) is 10.1 Å². The van der Waals surface area contributed by atoms with Crippen LogP contribution in [0.5, 0.6) is 0 Å². The smallest absolute Gasteiger partial charge is 0.209 e. The third-order valence-corrected chi connectivity index (χ3v) is 3.19. The number of methoxy groups -OCH3 is 2. The molecule has 0 saturated heterocycles. The van der Waals surface area contributed by atoms with Gasteiger partial charge in [-0.3, -0.25) is 10.1 Å². The van der Waals surface area contributed by atoms with Gasteiger partial charge in [0.1, 0.15) is 0 Å². The first kappa shape index (κ1) is 15.7. The van der Waals surface area contributed by atoms with Gasteiger partial charge in [0.05, 0.1) is 6.42 Å². The molecule has 0 aromatic carbocycles. The second kappa shape index (κ2) is 8.66. The topological polar surface area (TPSA) is 77.4 Å². The minimum atomic E-state index is -0.288. The lowest BCUT2D eigenvalue weighted by Gasteiger charge is -2.17. The first-order valence-electron chi connectivity index (χ1n) is 6.44. The Kier molecular flexibility index (Phi) is 7.14.